The lowest BCUT2D eigenvalue weighted by atomic mass is 10.0. The summed E-state index contributed by atoms with van der Waals surface area (Å²) in [5.74, 6) is 1.38. The Morgan fingerprint density at radius 2 is 2.23 bits per heavy atom. The van der Waals surface area contributed by atoms with Gasteiger partial charge in [-0.05, 0) is 19.1 Å². The first-order chi connectivity index (χ1) is 10.6. The minimum atomic E-state index is -0.805. The van der Waals surface area contributed by atoms with Gasteiger partial charge in [0.05, 0.1) is 5.60 Å². The maximum Gasteiger partial charge on any atom is 0.290 e. The maximum absolute atomic E-state index is 12.1. The molecule has 1 aromatic carbocycles. The zero-order valence-electron chi connectivity index (χ0n) is 12.3. The third-order valence-electron chi connectivity index (χ3n) is 3.74. The van der Waals surface area contributed by atoms with E-state index in [-0.39, 0.29) is 18.2 Å². The molecule has 1 aliphatic rings. The van der Waals surface area contributed by atoms with Gasteiger partial charge in [0, 0.05) is 23.9 Å². The molecule has 5 nitrogen and oxygen atoms in total. The highest BCUT2D eigenvalue weighted by Crippen LogP contribution is 2.27. The quantitative estimate of drug-likeness (QED) is 0.904. The summed E-state index contributed by atoms with van der Waals surface area (Å²) in [4.78, 5) is 12.1. The molecule has 2 N–H and O–H groups in total. The molecule has 3 rings (SSSR count). The molecule has 1 amide bonds. The van der Waals surface area contributed by atoms with Crippen LogP contribution in [0.3, 0.4) is 0 Å². The van der Waals surface area contributed by atoms with E-state index in [0.717, 1.165) is 16.9 Å². The molecule has 1 aromatic heterocycles. The Morgan fingerprint density at radius 1 is 1.45 bits per heavy atom. The number of nitrogens with zero attached hydrogens (tertiary/aromatic N) is 1. The molecule has 0 radical (unpaired) electrons. The van der Waals surface area contributed by atoms with Gasteiger partial charge in [0.15, 0.2) is 0 Å². The molecule has 1 saturated heterocycles. The van der Waals surface area contributed by atoms with E-state index in [2.05, 4.69) is 10.5 Å². The molecule has 2 aromatic rings. The van der Waals surface area contributed by atoms with Crippen LogP contribution >= 0.6 is 11.8 Å². The van der Waals surface area contributed by atoms with Crippen LogP contribution in [0.1, 0.15) is 22.5 Å². The molecule has 0 saturated carbocycles. The van der Waals surface area contributed by atoms with E-state index in [1.165, 1.54) is 0 Å². The summed E-state index contributed by atoms with van der Waals surface area (Å²) in [6, 6.07) is 9.46. The van der Waals surface area contributed by atoms with Crippen molar-refractivity contribution in [3.05, 3.63) is 41.7 Å². The number of hydrogen-bond donors (Lipinski definition) is 2. The number of amides is 1. The van der Waals surface area contributed by atoms with Crippen LogP contribution in [0, 0.1) is 6.92 Å². The summed E-state index contributed by atoms with van der Waals surface area (Å²) in [5.41, 5.74) is 1.88. The summed E-state index contributed by atoms with van der Waals surface area (Å²) in [5, 5.41) is 16.9. The van der Waals surface area contributed by atoms with Crippen LogP contribution in [0.5, 0.6) is 0 Å². The molecule has 1 atom stereocenters. The van der Waals surface area contributed by atoms with Crippen molar-refractivity contribution >= 4 is 17.7 Å². The normalized spacial score (nSPS) is 21.0. The predicted molar refractivity (Wildman–Crippen MR) is 85.9 cm³/mol. The molecule has 1 unspecified atom stereocenters. The van der Waals surface area contributed by atoms with E-state index in [1.807, 2.05) is 31.2 Å². The van der Waals surface area contributed by atoms with E-state index >= 15 is 0 Å². The largest absolute Gasteiger partial charge is 0.387 e. The van der Waals surface area contributed by atoms with Crippen LogP contribution in [0.2, 0.25) is 0 Å². The molecule has 1 fully saturated rings. The number of aromatic nitrogens is 1. The number of hydrogen-bond acceptors (Lipinski definition) is 5. The second-order valence-electron chi connectivity index (χ2n) is 5.65. The summed E-state index contributed by atoms with van der Waals surface area (Å²) in [6.07, 6.45) is 0.697. The highest BCUT2D eigenvalue weighted by molar-refractivity contribution is 7.99. The Balaban J connectivity index is 1.65. The van der Waals surface area contributed by atoms with Gasteiger partial charge in [0.1, 0.15) is 5.69 Å². The number of nitrogens with one attached hydrogen (secondary N) is 1. The van der Waals surface area contributed by atoms with Crippen LogP contribution in [0.15, 0.2) is 34.9 Å². The fourth-order valence-corrected chi connectivity index (χ4v) is 3.61. The van der Waals surface area contributed by atoms with Gasteiger partial charge in [-0.2, -0.15) is 11.8 Å². The van der Waals surface area contributed by atoms with Crippen LogP contribution < -0.4 is 5.32 Å². The van der Waals surface area contributed by atoms with Gasteiger partial charge in [-0.1, -0.05) is 35.0 Å². The average molecular weight is 318 g/mol. The van der Waals surface area contributed by atoms with E-state index in [4.69, 9.17) is 4.52 Å². The topological polar surface area (TPSA) is 75.4 Å². The molecule has 0 spiro atoms. The van der Waals surface area contributed by atoms with Crippen molar-refractivity contribution in [2.75, 3.05) is 18.1 Å². The van der Waals surface area contributed by atoms with E-state index in [1.54, 1.807) is 17.8 Å². The Bertz CT molecular complexity index is 660. The van der Waals surface area contributed by atoms with E-state index in [9.17, 15) is 9.90 Å². The maximum atomic E-state index is 12.1. The highest BCUT2D eigenvalue weighted by atomic mass is 32.2. The molecule has 22 heavy (non-hydrogen) atoms. The summed E-state index contributed by atoms with van der Waals surface area (Å²) < 4.78 is 5.11. The van der Waals surface area contributed by atoms with E-state index < -0.39 is 5.60 Å². The summed E-state index contributed by atoms with van der Waals surface area (Å²) >= 11 is 1.69. The van der Waals surface area contributed by atoms with Crippen LogP contribution in [-0.4, -0.2) is 39.8 Å². The molecule has 2 heterocycles. The Morgan fingerprint density at radius 3 is 2.91 bits per heavy atom. The van der Waals surface area contributed by atoms with Crippen molar-refractivity contribution in [3.8, 4) is 11.3 Å². The third-order valence-corrected chi connectivity index (χ3v) is 4.98. The van der Waals surface area contributed by atoms with Crippen LogP contribution in [-0.2, 0) is 0 Å². The first kappa shape index (κ1) is 15.1. The first-order valence-corrected chi connectivity index (χ1v) is 8.33. The smallest absolute Gasteiger partial charge is 0.290 e. The standard InChI is InChI=1S/C16H18N2O3S/c1-11-2-4-12(5-3-11)13-8-14(21-18-13)15(19)17-9-16(20)6-7-22-10-16/h2-5,8,20H,6-7,9-10H2,1H3,(H,17,19). The Hall–Kier alpha value is -1.79. The number of carbonyl (C=O) groups excluding carboxylic acids is 1. The molecule has 6 heteroatoms. The molecule has 116 valence electrons. The van der Waals surface area contributed by atoms with Gasteiger partial charge in [-0.25, -0.2) is 0 Å². The highest BCUT2D eigenvalue weighted by Gasteiger charge is 2.32. The molecule has 0 aliphatic carbocycles. The molecular weight excluding hydrogens is 300 g/mol. The fraction of sp³-hybridized carbons (Fsp3) is 0.375. The van der Waals surface area contributed by atoms with Gasteiger partial charge < -0.3 is 14.9 Å². The summed E-state index contributed by atoms with van der Waals surface area (Å²) in [7, 11) is 0. The van der Waals surface area contributed by atoms with Gasteiger partial charge in [0.2, 0.25) is 5.76 Å². The molecule has 1 aliphatic heterocycles. The Labute approximate surface area is 133 Å². The molecule has 0 bridgehead atoms. The first-order valence-electron chi connectivity index (χ1n) is 7.18. The zero-order chi connectivity index (χ0) is 15.6. The van der Waals surface area contributed by atoms with Crippen LogP contribution in [0.4, 0.5) is 0 Å². The predicted octanol–water partition coefficient (Wildman–Crippen LogP) is 2.25. The number of benzene rings is 1. The second kappa shape index (κ2) is 6.14. The number of aliphatic hydroxyl groups is 1. The fourth-order valence-electron chi connectivity index (χ4n) is 2.31. The summed E-state index contributed by atoms with van der Waals surface area (Å²) in [6.45, 7) is 2.25. The number of rotatable bonds is 4. The van der Waals surface area contributed by atoms with Crippen molar-refractivity contribution < 1.29 is 14.4 Å². The lowest BCUT2D eigenvalue weighted by molar-refractivity contribution is 0.0599. The van der Waals surface area contributed by atoms with Crippen molar-refractivity contribution in [1.29, 1.82) is 0 Å². The van der Waals surface area contributed by atoms with Gasteiger partial charge in [-0.3, -0.25) is 4.79 Å². The lowest BCUT2D eigenvalue weighted by Gasteiger charge is -2.20. The van der Waals surface area contributed by atoms with Crippen LogP contribution in [0.25, 0.3) is 11.3 Å². The van der Waals surface area contributed by atoms with Crippen molar-refractivity contribution in [1.82, 2.24) is 10.5 Å². The number of carbonyl (C=O) groups is 1. The van der Waals surface area contributed by atoms with Gasteiger partial charge >= 0.3 is 0 Å². The zero-order valence-corrected chi connectivity index (χ0v) is 13.2. The Kier molecular flexibility index (Phi) is 4.22. The van der Waals surface area contributed by atoms with Crippen molar-refractivity contribution in [3.63, 3.8) is 0 Å². The number of thioether (sulfide) groups is 1. The SMILES string of the molecule is Cc1ccc(-c2cc(C(=O)NCC3(O)CCSC3)on2)cc1. The van der Waals surface area contributed by atoms with Crippen molar-refractivity contribution in [2.24, 2.45) is 0 Å². The minimum Gasteiger partial charge on any atom is -0.387 e. The second-order valence-corrected chi connectivity index (χ2v) is 6.76. The third kappa shape index (κ3) is 3.34. The number of aryl methyl sites for hydroxylation is 1. The van der Waals surface area contributed by atoms with Crippen molar-refractivity contribution in [2.45, 2.75) is 18.9 Å². The minimum absolute atomic E-state index is 0.157. The lowest BCUT2D eigenvalue weighted by Crippen LogP contribution is -2.42. The van der Waals surface area contributed by atoms with Gasteiger partial charge in [-0.15, -0.1) is 0 Å². The average Bonchev–Trinajstić information content (AvgIpc) is 3.15. The molecular formula is C16H18N2O3S. The van der Waals surface area contributed by atoms with Gasteiger partial charge in [0.25, 0.3) is 5.91 Å². The monoisotopic (exact) mass is 318 g/mol. The van der Waals surface area contributed by atoms with E-state index in [0.29, 0.717) is 17.9 Å².